The summed E-state index contributed by atoms with van der Waals surface area (Å²) in [5.41, 5.74) is 0. The molecular weight excluding hydrogens is 156 g/mol. The Labute approximate surface area is 72.0 Å². The summed E-state index contributed by atoms with van der Waals surface area (Å²) >= 11 is 0. The van der Waals surface area contributed by atoms with Gasteiger partial charge in [-0.25, -0.2) is 0 Å². The molecule has 2 aliphatic heterocycles. The molecule has 0 radical (unpaired) electrons. The van der Waals surface area contributed by atoms with E-state index in [1.807, 2.05) is 0 Å². The van der Waals surface area contributed by atoms with E-state index in [4.69, 9.17) is 14.2 Å². The number of epoxide rings is 1. The average molecular weight is 170 g/mol. The molecule has 0 bridgehead atoms. The fraction of sp³-hybridized carbons (Fsp3) is 1.00. The number of hydrogen-bond donors (Lipinski definition) is 0. The molecule has 0 aromatic carbocycles. The van der Waals surface area contributed by atoms with Crippen molar-refractivity contribution >= 4 is 0 Å². The van der Waals surface area contributed by atoms with E-state index < -0.39 is 0 Å². The summed E-state index contributed by atoms with van der Waals surface area (Å²) in [7, 11) is 0. The largest absolute Gasteiger partial charge is 0.369 e. The Morgan fingerprint density at radius 3 is 2.67 bits per heavy atom. The Morgan fingerprint density at radius 1 is 1.08 bits per heavy atom. The van der Waals surface area contributed by atoms with Crippen LogP contribution in [-0.4, -0.2) is 31.2 Å². The topological polar surface area (TPSA) is 31.0 Å². The summed E-state index contributed by atoms with van der Waals surface area (Å²) in [6.45, 7) is 1.72. The predicted octanol–water partition coefficient (Wildman–Crippen LogP) is 1.07. The minimum atomic E-state index is -0.254. The summed E-state index contributed by atoms with van der Waals surface area (Å²) < 4.78 is 16.8. The van der Waals surface area contributed by atoms with Crippen molar-refractivity contribution < 1.29 is 14.2 Å². The molecule has 3 nitrogen and oxygen atoms in total. The van der Waals surface area contributed by atoms with Crippen molar-refractivity contribution in [3.05, 3.63) is 0 Å². The first-order valence-electron chi connectivity index (χ1n) is 4.81. The molecule has 2 saturated heterocycles. The molecular formula is C9H14O3. The molecule has 2 unspecified atom stereocenters. The van der Waals surface area contributed by atoms with E-state index in [0.29, 0.717) is 12.2 Å². The van der Waals surface area contributed by atoms with Crippen LogP contribution in [0.15, 0.2) is 0 Å². The highest BCUT2D eigenvalue weighted by molar-refractivity contribution is 4.96. The Bertz CT molecular complexity index is 186. The third kappa shape index (κ3) is 1.08. The minimum absolute atomic E-state index is 0.254. The summed E-state index contributed by atoms with van der Waals surface area (Å²) in [5, 5.41) is 0. The van der Waals surface area contributed by atoms with Gasteiger partial charge in [0, 0.05) is 12.8 Å². The van der Waals surface area contributed by atoms with Gasteiger partial charge in [0.1, 0.15) is 0 Å². The second kappa shape index (κ2) is 2.44. The number of hydrogen-bond acceptors (Lipinski definition) is 3. The Balaban J connectivity index is 1.71. The van der Waals surface area contributed by atoms with Gasteiger partial charge in [-0.1, -0.05) is 0 Å². The van der Waals surface area contributed by atoms with E-state index in [9.17, 15) is 0 Å². The lowest BCUT2D eigenvalue weighted by Crippen LogP contribution is -2.44. The van der Waals surface area contributed by atoms with Crippen LogP contribution in [0.5, 0.6) is 0 Å². The van der Waals surface area contributed by atoms with Gasteiger partial charge in [0.05, 0.1) is 25.4 Å². The SMILES string of the molecule is C1COC2(CCC3OC3C2)OC1. The Hall–Kier alpha value is -0.120. The maximum atomic E-state index is 5.70. The molecule has 2 heterocycles. The van der Waals surface area contributed by atoms with E-state index in [0.717, 1.165) is 38.9 Å². The molecule has 3 aliphatic rings. The highest BCUT2D eigenvalue weighted by Crippen LogP contribution is 2.44. The lowest BCUT2D eigenvalue weighted by molar-refractivity contribution is -0.277. The van der Waals surface area contributed by atoms with Gasteiger partial charge in [0.15, 0.2) is 5.79 Å². The lowest BCUT2D eigenvalue weighted by Gasteiger charge is -2.38. The summed E-state index contributed by atoms with van der Waals surface area (Å²) in [5.74, 6) is -0.254. The average Bonchev–Trinajstić information content (AvgIpc) is 2.84. The molecule has 2 atom stereocenters. The van der Waals surface area contributed by atoms with E-state index in [1.54, 1.807) is 0 Å². The summed E-state index contributed by atoms with van der Waals surface area (Å²) in [6.07, 6.45) is 5.11. The molecule has 12 heavy (non-hydrogen) atoms. The smallest absolute Gasteiger partial charge is 0.170 e. The predicted molar refractivity (Wildman–Crippen MR) is 41.8 cm³/mol. The molecule has 68 valence electrons. The van der Waals surface area contributed by atoms with Crippen LogP contribution in [0.3, 0.4) is 0 Å². The van der Waals surface area contributed by atoms with Crippen LogP contribution < -0.4 is 0 Å². The van der Waals surface area contributed by atoms with E-state index in [2.05, 4.69) is 0 Å². The summed E-state index contributed by atoms with van der Waals surface area (Å²) in [4.78, 5) is 0. The van der Waals surface area contributed by atoms with Crippen LogP contribution in [0.25, 0.3) is 0 Å². The van der Waals surface area contributed by atoms with Gasteiger partial charge >= 0.3 is 0 Å². The monoisotopic (exact) mass is 170 g/mol. The molecule has 1 spiro atoms. The summed E-state index contributed by atoms with van der Waals surface area (Å²) in [6, 6.07) is 0. The highest BCUT2D eigenvalue weighted by atomic mass is 16.7. The zero-order chi connectivity index (χ0) is 8.02. The molecule has 3 rings (SSSR count). The van der Waals surface area contributed by atoms with E-state index >= 15 is 0 Å². The zero-order valence-electron chi connectivity index (χ0n) is 7.12. The van der Waals surface area contributed by atoms with Crippen molar-refractivity contribution in [1.82, 2.24) is 0 Å². The first-order valence-corrected chi connectivity index (χ1v) is 4.81. The van der Waals surface area contributed by atoms with Gasteiger partial charge in [0.2, 0.25) is 0 Å². The Morgan fingerprint density at radius 2 is 1.92 bits per heavy atom. The molecule has 0 aromatic rings. The number of ether oxygens (including phenoxy) is 3. The highest BCUT2D eigenvalue weighted by Gasteiger charge is 2.52. The fourth-order valence-electron chi connectivity index (χ4n) is 2.26. The first-order chi connectivity index (χ1) is 5.88. The maximum absolute atomic E-state index is 5.70. The van der Waals surface area contributed by atoms with Crippen molar-refractivity contribution in [2.24, 2.45) is 0 Å². The van der Waals surface area contributed by atoms with Gasteiger partial charge < -0.3 is 14.2 Å². The van der Waals surface area contributed by atoms with Crippen molar-refractivity contribution in [2.75, 3.05) is 13.2 Å². The standard InChI is InChI=1S/C9H14O3/c1-4-10-9(11-5-1)3-2-7-8(6-9)12-7/h7-8H,1-6H2. The Kier molecular flexibility index (Phi) is 1.48. The minimum Gasteiger partial charge on any atom is -0.369 e. The van der Waals surface area contributed by atoms with Crippen molar-refractivity contribution in [2.45, 2.75) is 43.7 Å². The van der Waals surface area contributed by atoms with Crippen LogP contribution in [0.1, 0.15) is 25.7 Å². The maximum Gasteiger partial charge on any atom is 0.170 e. The molecule has 3 fully saturated rings. The van der Waals surface area contributed by atoms with Crippen molar-refractivity contribution in [1.29, 1.82) is 0 Å². The van der Waals surface area contributed by atoms with Gasteiger partial charge in [-0.2, -0.15) is 0 Å². The van der Waals surface area contributed by atoms with E-state index in [-0.39, 0.29) is 5.79 Å². The first kappa shape index (κ1) is 7.30. The molecule has 0 amide bonds. The molecule has 1 saturated carbocycles. The van der Waals surface area contributed by atoms with Crippen molar-refractivity contribution in [3.63, 3.8) is 0 Å². The van der Waals surface area contributed by atoms with E-state index in [1.165, 1.54) is 0 Å². The van der Waals surface area contributed by atoms with Gasteiger partial charge in [0.25, 0.3) is 0 Å². The quantitative estimate of drug-likeness (QED) is 0.509. The lowest BCUT2D eigenvalue weighted by atomic mass is 9.93. The fourth-order valence-corrected chi connectivity index (χ4v) is 2.26. The normalized spacial score (nSPS) is 44.0. The molecule has 1 aliphatic carbocycles. The molecule has 0 aromatic heterocycles. The van der Waals surface area contributed by atoms with Gasteiger partial charge in [-0.3, -0.25) is 0 Å². The van der Waals surface area contributed by atoms with Gasteiger partial charge in [-0.15, -0.1) is 0 Å². The van der Waals surface area contributed by atoms with Crippen LogP contribution in [0.2, 0.25) is 0 Å². The second-order valence-electron chi connectivity index (χ2n) is 3.92. The molecule has 0 N–H and O–H groups in total. The van der Waals surface area contributed by atoms with Crippen LogP contribution >= 0.6 is 0 Å². The van der Waals surface area contributed by atoms with Gasteiger partial charge in [-0.05, 0) is 12.8 Å². The number of fused-ring (bicyclic) bond motifs is 1. The van der Waals surface area contributed by atoms with Crippen LogP contribution in [-0.2, 0) is 14.2 Å². The zero-order valence-corrected chi connectivity index (χ0v) is 7.12. The third-order valence-corrected chi connectivity index (χ3v) is 3.03. The van der Waals surface area contributed by atoms with Crippen LogP contribution in [0.4, 0.5) is 0 Å². The molecule has 3 heteroatoms. The van der Waals surface area contributed by atoms with Crippen LogP contribution in [0, 0.1) is 0 Å². The number of rotatable bonds is 0. The third-order valence-electron chi connectivity index (χ3n) is 3.03. The van der Waals surface area contributed by atoms with Crippen molar-refractivity contribution in [3.8, 4) is 0 Å². The second-order valence-corrected chi connectivity index (χ2v) is 3.92.